The lowest BCUT2D eigenvalue weighted by Crippen LogP contribution is -2.10. The van der Waals surface area contributed by atoms with E-state index in [1.807, 2.05) is 0 Å². The quantitative estimate of drug-likeness (QED) is 0.231. The highest BCUT2D eigenvalue weighted by Crippen LogP contribution is 2.16. The van der Waals surface area contributed by atoms with Gasteiger partial charge in [-0.15, -0.1) is 0 Å². The molecule has 1 rings (SSSR count). The van der Waals surface area contributed by atoms with Gasteiger partial charge in [0.15, 0.2) is 0 Å². The normalized spacial score (nSPS) is 10.8. The molecule has 0 aliphatic heterocycles. The Labute approximate surface area is 170 Å². The Morgan fingerprint density at radius 2 is 1.36 bits per heavy atom. The van der Waals surface area contributed by atoms with E-state index < -0.39 is 5.97 Å². The Bertz CT molecular complexity index is 538. The van der Waals surface area contributed by atoms with Gasteiger partial charge < -0.3 is 9.15 Å². The van der Waals surface area contributed by atoms with Crippen LogP contribution in [0.1, 0.15) is 114 Å². The van der Waals surface area contributed by atoms with Crippen molar-refractivity contribution in [3.63, 3.8) is 0 Å². The molecule has 1 N–H and O–H groups in total. The molecule has 5 heteroatoms. The fourth-order valence-corrected chi connectivity index (χ4v) is 3.22. The zero-order valence-corrected chi connectivity index (χ0v) is 17.9. The molecule has 1 heterocycles. The lowest BCUT2D eigenvalue weighted by Gasteiger charge is -2.04. The van der Waals surface area contributed by atoms with Crippen molar-refractivity contribution in [3.05, 3.63) is 17.9 Å². The zero-order chi connectivity index (χ0) is 20.5. The van der Waals surface area contributed by atoms with Crippen molar-refractivity contribution < 1.29 is 18.7 Å². The molecule has 0 bridgehead atoms. The summed E-state index contributed by atoms with van der Waals surface area (Å²) in [6.07, 6.45) is 17.2. The van der Waals surface area contributed by atoms with Gasteiger partial charge >= 0.3 is 5.97 Å². The molecule has 28 heavy (non-hydrogen) atoms. The van der Waals surface area contributed by atoms with Crippen LogP contribution in [0.3, 0.4) is 0 Å². The fraction of sp³-hybridized carbons (Fsp3) is 0.739. The van der Waals surface area contributed by atoms with E-state index in [4.69, 9.17) is 9.15 Å². The lowest BCUT2D eigenvalue weighted by molar-refractivity contribution is -0.116. The van der Waals surface area contributed by atoms with E-state index in [1.54, 1.807) is 13.0 Å². The average Bonchev–Trinajstić information content (AvgIpc) is 3.14. The molecule has 0 fully saturated rings. The third-order valence-corrected chi connectivity index (χ3v) is 4.85. The maximum Gasteiger partial charge on any atom is 0.374 e. The van der Waals surface area contributed by atoms with Crippen molar-refractivity contribution >= 4 is 17.8 Å². The van der Waals surface area contributed by atoms with Crippen molar-refractivity contribution in [2.24, 2.45) is 0 Å². The highest BCUT2D eigenvalue weighted by Gasteiger charge is 2.13. The molecular weight excluding hydrogens is 354 g/mol. The van der Waals surface area contributed by atoms with Crippen LogP contribution in [-0.2, 0) is 9.53 Å². The third-order valence-electron chi connectivity index (χ3n) is 4.85. The Morgan fingerprint density at radius 3 is 1.89 bits per heavy atom. The van der Waals surface area contributed by atoms with Gasteiger partial charge in [-0.25, -0.2) is 4.79 Å². The minimum atomic E-state index is -0.514. The van der Waals surface area contributed by atoms with Crippen LogP contribution in [0, 0.1) is 0 Å². The molecule has 0 spiro atoms. The van der Waals surface area contributed by atoms with Crippen LogP contribution >= 0.6 is 0 Å². The second-order valence-electron chi connectivity index (χ2n) is 7.43. The number of nitrogens with one attached hydrogen (secondary N) is 1. The summed E-state index contributed by atoms with van der Waals surface area (Å²) in [4.78, 5) is 23.5. The van der Waals surface area contributed by atoms with Gasteiger partial charge in [0.25, 0.3) is 0 Å². The minimum absolute atomic E-state index is 0.0761. The number of ether oxygens (including phenoxy) is 1. The van der Waals surface area contributed by atoms with Gasteiger partial charge in [-0.05, 0) is 19.4 Å². The number of amides is 1. The first kappa shape index (κ1) is 24.3. The minimum Gasteiger partial charge on any atom is -0.460 e. The predicted octanol–water partition coefficient (Wildman–Crippen LogP) is 6.88. The second kappa shape index (κ2) is 16.2. The number of furan rings is 1. The molecule has 1 aromatic rings. The van der Waals surface area contributed by atoms with Crippen LogP contribution in [0.4, 0.5) is 5.88 Å². The number of esters is 1. The van der Waals surface area contributed by atoms with Crippen LogP contribution in [0.5, 0.6) is 0 Å². The van der Waals surface area contributed by atoms with Gasteiger partial charge in [-0.2, -0.15) is 0 Å². The number of carbonyl (C=O) groups is 2. The molecule has 0 aromatic carbocycles. The van der Waals surface area contributed by atoms with Gasteiger partial charge in [0.2, 0.25) is 17.6 Å². The van der Waals surface area contributed by atoms with E-state index in [-0.39, 0.29) is 11.7 Å². The highest BCUT2D eigenvalue weighted by molar-refractivity contribution is 5.91. The summed E-state index contributed by atoms with van der Waals surface area (Å²) in [6.45, 7) is 4.29. The van der Waals surface area contributed by atoms with Crippen LogP contribution in [0.25, 0.3) is 0 Å². The van der Waals surface area contributed by atoms with Crippen molar-refractivity contribution in [1.82, 2.24) is 0 Å². The maximum atomic E-state index is 11.9. The Hall–Kier alpha value is -1.78. The monoisotopic (exact) mass is 393 g/mol. The van der Waals surface area contributed by atoms with E-state index in [0.29, 0.717) is 18.9 Å². The lowest BCUT2D eigenvalue weighted by atomic mass is 10.0. The molecule has 0 saturated heterocycles. The molecule has 0 aliphatic rings. The molecule has 5 nitrogen and oxygen atoms in total. The highest BCUT2D eigenvalue weighted by atomic mass is 16.5. The molecule has 0 saturated carbocycles. The SMILES string of the molecule is CCCCCCCCCCCCCCCC(=O)Nc1ccc(C(=O)OCC)o1. The van der Waals surface area contributed by atoms with Crippen LogP contribution < -0.4 is 5.32 Å². The molecule has 0 unspecified atom stereocenters. The molecule has 0 atom stereocenters. The van der Waals surface area contributed by atoms with Crippen molar-refractivity contribution in [3.8, 4) is 0 Å². The number of anilines is 1. The molecule has 1 amide bonds. The van der Waals surface area contributed by atoms with Crippen LogP contribution in [-0.4, -0.2) is 18.5 Å². The largest absolute Gasteiger partial charge is 0.460 e. The van der Waals surface area contributed by atoms with E-state index >= 15 is 0 Å². The Kier molecular flexibility index (Phi) is 14.0. The Morgan fingerprint density at radius 1 is 0.821 bits per heavy atom. The summed E-state index contributed by atoms with van der Waals surface area (Å²) in [5, 5.41) is 2.69. The standard InChI is InChI=1S/C23H39NO4/c1-3-5-6-7-8-9-10-11-12-13-14-15-16-17-21(25)24-22-19-18-20(28-22)23(26)27-4-2/h18-19H,3-17H2,1-2H3,(H,24,25). The molecule has 160 valence electrons. The molecule has 1 aromatic heterocycles. The smallest absolute Gasteiger partial charge is 0.374 e. The van der Waals surface area contributed by atoms with Crippen molar-refractivity contribution in [2.45, 2.75) is 104 Å². The van der Waals surface area contributed by atoms with Gasteiger partial charge in [0.05, 0.1) is 6.61 Å². The van der Waals surface area contributed by atoms with E-state index in [2.05, 4.69) is 12.2 Å². The van der Waals surface area contributed by atoms with Gasteiger partial charge in [0, 0.05) is 12.5 Å². The summed E-state index contributed by atoms with van der Waals surface area (Å²) in [7, 11) is 0. The van der Waals surface area contributed by atoms with Crippen molar-refractivity contribution in [2.75, 3.05) is 11.9 Å². The van der Waals surface area contributed by atoms with Crippen LogP contribution in [0.15, 0.2) is 16.5 Å². The number of unbranched alkanes of at least 4 members (excludes halogenated alkanes) is 12. The maximum absolute atomic E-state index is 11.9. The summed E-state index contributed by atoms with van der Waals surface area (Å²) < 4.78 is 10.1. The zero-order valence-electron chi connectivity index (χ0n) is 17.9. The van der Waals surface area contributed by atoms with Crippen molar-refractivity contribution in [1.29, 1.82) is 0 Å². The van der Waals surface area contributed by atoms with Crippen LogP contribution in [0.2, 0.25) is 0 Å². The number of carbonyl (C=O) groups excluding carboxylic acids is 2. The van der Waals surface area contributed by atoms with E-state index in [9.17, 15) is 9.59 Å². The summed E-state index contributed by atoms with van der Waals surface area (Å²) in [5.74, 6) is -0.187. The third kappa shape index (κ3) is 11.8. The molecular formula is C23H39NO4. The predicted molar refractivity (Wildman–Crippen MR) is 114 cm³/mol. The topological polar surface area (TPSA) is 68.5 Å². The summed E-state index contributed by atoms with van der Waals surface area (Å²) >= 11 is 0. The first-order valence-corrected chi connectivity index (χ1v) is 11.2. The number of hydrogen-bond acceptors (Lipinski definition) is 4. The summed E-state index contributed by atoms with van der Waals surface area (Å²) in [6, 6.07) is 3.09. The fourth-order valence-electron chi connectivity index (χ4n) is 3.22. The first-order chi connectivity index (χ1) is 13.7. The Balaban J connectivity index is 1.95. The summed E-state index contributed by atoms with van der Waals surface area (Å²) in [5.41, 5.74) is 0. The molecule has 0 radical (unpaired) electrons. The number of hydrogen-bond donors (Lipinski definition) is 1. The van der Waals surface area contributed by atoms with Gasteiger partial charge in [-0.3, -0.25) is 10.1 Å². The average molecular weight is 394 g/mol. The second-order valence-corrected chi connectivity index (χ2v) is 7.43. The first-order valence-electron chi connectivity index (χ1n) is 11.2. The van der Waals surface area contributed by atoms with E-state index in [1.165, 1.54) is 76.7 Å². The van der Waals surface area contributed by atoms with Gasteiger partial charge in [0.1, 0.15) is 0 Å². The van der Waals surface area contributed by atoms with Gasteiger partial charge in [-0.1, -0.05) is 84.0 Å². The molecule has 0 aliphatic carbocycles. The van der Waals surface area contributed by atoms with E-state index in [0.717, 1.165) is 12.8 Å². The number of rotatable bonds is 17.